The Labute approximate surface area is 185 Å². The average molecular weight is 445 g/mol. The number of hydrogen-bond donors (Lipinski definition) is 3. The van der Waals surface area contributed by atoms with Gasteiger partial charge < -0.3 is 15.7 Å². The van der Waals surface area contributed by atoms with E-state index in [2.05, 4.69) is 15.6 Å². The van der Waals surface area contributed by atoms with E-state index in [-0.39, 0.29) is 36.4 Å². The normalized spacial score (nSPS) is 13.6. The Kier molecular flexibility index (Phi) is 6.96. The lowest BCUT2D eigenvalue weighted by molar-refractivity contribution is -0.122. The highest BCUT2D eigenvalue weighted by molar-refractivity contribution is 5.94. The summed E-state index contributed by atoms with van der Waals surface area (Å²) < 4.78 is 14.4. The standard InChI is InChI=1S/C23H29FN4O4/c1-23(2,3)22-27-17(20(31)26-13-14-5-9-16(24)10-6-14)18(29)21(32)28(22)12-4-11-25-19(30)15-7-8-15/h5-6,9-10,15,29H,4,7-8,11-13H2,1-3H3,(H,25,30)(H,26,31). The van der Waals surface area contributed by atoms with Crippen molar-refractivity contribution in [3.8, 4) is 5.75 Å². The molecule has 8 nitrogen and oxygen atoms in total. The van der Waals surface area contributed by atoms with Gasteiger partial charge in [0, 0.05) is 31.0 Å². The Balaban J connectivity index is 1.76. The minimum atomic E-state index is -0.725. The largest absolute Gasteiger partial charge is 0.501 e. The summed E-state index contributed by atoms with van der Waals surface area (Å²) in [5.74, 6) is -1.30. The lowest BCUT2D eigenvalue weighted by atomic mass is 9.95. The molecule has 1 aliphatic carbocycles. The Bertz CT molecular complexity index is 1050. The second-order valence-corrected chi connectivity index (χ2v) is 9.07. The van der Waals surface area contributed by atoms with Gasteiger partial charge in [-0.25, -0.2) is 9.37 Å². The van der Waals surface area contributed by atoms with E-state index in [0.717, 1.165) is 12.8 Å². The van der Waals surface area contributed by atoms with E-state index in [1.165, 1.54) is 28.8 Å². The maximum atomic E-state index is 13.0. The number of carbonyl (C=O) groups excluding carboxylic acids is 2. The molecule has 3 rings (SSSR count). The molecule has 172 valence electrons. The van der Waals surface area contributed by atoms with Crippen molar-refractivity contribution < 1.29 is 19.1 Å². The van der Waals surface area contributed by atoms with Gasteiger partial charge in [0.15, 0.2) is 5.69 Å². The number of rotatable bonds is 8. The third-order valence-corrected chi connectivity index (χ3v) is 5.20. The zero-order chi connectivity index (χ0) is 23.5. The van der Waals surface area contributed by atoms with Crippen molar-refractivity contribution in [1.29, 1.82) is 0 Å². The molecule has 2 amide bonds. The van der Waals surface area contributed by atoms with Gasteiger partial charge in [0.1, 0.15) is 11.6 Å². The monoisotopic (exact) mass is 444 g/mol. The molecule has 1 aliphatic rings. The van der Waals surface area contributed by atoms with Crippen LogP contribution >= 0.6 is 0 Å². The van der Waals surface area contributed by atoms with Gasteiger partial charge in [0.25, 0.3) is 11.5 Å². The molecule has 0 bridgehead atoms. The lowest BCUT2D eigenvalue weighted by Gasteiger charge is -2.24. The highest BCUT2D eigenvalue weighted by Gasteiger charge is 2.29. The third kappa shape index (κ3) is 5.72. The first-order valence-electron chi connectivity index (χ1n) is 10.7. The zero-order valence-electron chi connectivity index (χ0n) is 18.6. The highest BCUT2D eigenvalue weighted by Crippen LogP contribution is 2.28. The van der Waals surface area contributed by atoms with Crippen molar-refractivity contribution >= 4 is 11.8 Å². The first kappa shape index (κ1) is 23.4. The Morgan fingerprint density at radius 3 is 2.44 bits per heavy atom. The van der Waals surface area contributed by atoms with Crippen molar-refractivity contribution in [2.75, 3.05) is 6.54 Å². The van der Waals surface area contributed by atoms with Gasteiger partial charge in [-0.3, -0.25) is 19.0 Å². The number of aromatic nitrogens is 2. The number of aromatic hydroxyl groups is 1. The van der Waals surface area contributed by atoms with Gasteiger partial charge >= 0.3 is 0 Å². The zero-order valence-corrected chi connectivity index (χ0v) is 18.6. The lowest BCUT2D eigenvalue weighted by Crippen LogP contribution is -2.36. The molecule has 0 unspecified atom stereocenters. The molecule has 0 radical (unpaired) electrons. The number of amides is 2. The molecule has 0 atom stereocenters. The van der Waals surface area contributed by atoms with Gasteiger partial charge in [-0.1, -0.05) is 32.9 Å². The summed E-state index contributed by atoms with van der Waals surface area (Å²) in [5.41, 5.74) is -0.960. The Morgan fingerprint density at radius 2 is 1.84 bits per heavy atom. The van der Waals surface area contributed by atoms with Crippen LogP contribution in [0.25, 0.3) is 0 Å². The van der Waals surface area contributed by atoms with Crippen LogP contribution in [0.3, 0.4) is 0 Å². The van der Waals surface area contributed by atoms with Crippen LogP contribution in [0.1, 0.15) is 61.9 Å². The number of carbonyl (C=O) groups is 2. The van der Waals surface area contributed by atoms with Crippen LogP contribution in [-0.4, -0.2) is 33.0 Å². The first-order valence-corrected chi connectivity index (χ1v) is 10.7. The van der Waals surface area contributed by atoms with Crippen LogP contribution in [-0.2, 0) is 23.3 Å². The summed E-state index contributed by atoms with van der Waals surface area (Å²) in [5, 5.41) is 15.9. The van der Waals surface area contributed by atoms with Crippen LogP contribution in [0.5, 0.6) is 5.75 Å². The fraction of sp³-hybridized carbons (Fsp3) is 0.478. The molecule has 3 N–H and O–H groups in total. The maximum Gasteiger partial charge on any atom is 0.296 e. The van der Waals surface area contributed by atoms with Crippen LogP contribution in [0.2, 0.25) is 0 Å². The van der Waals surface area contributed by atoms with Crippen molar-refractivity contribution in [1.82, 2.24) is 20.2 Å². The van der Waals surface area contributed by atoms with Crippen LogP contribution in [0.4, 0.5) is 4.39 Å². The van der Waals surface area contributed by atoms with Gasteiger partial charge in [-0.05, 0) is 37.0 Å². The molecule has 1 heterocycles. The summed E-state index contributed by atoms with van der Waals surface area (Å²) in [6.45, 7) is 6.32. The minimum absolute atomic E-state index is 0.0301. The van der Waals surface area contributed by atoms with Gasteiger partial charge in [0.05, 0.1) is 0 Å². The van der Waals surface area contributed by atoms with Crippen LogP contribution in [0, 0.1) is 11.7 Å². The molecule has 0 aliphatic heterocycles. The average Bonchev–Trinajstić information content (AvgIpc) is 3.58. The van der Waals surface area contributed by atoms with E-state index in [1.807, 2.05) is 20.8 Å². The number of hydrogen-bond acceptors (Lipinski definition) is 5. The van der Waals surface area contributed by atoms with Gasteiger partial charge in [0.2, 0.25) is 11.7 Å². The van der Waals surface area contributed by atoms with Crippen molar-refractivity contribution in [3.05, 3.63) is 57.5 Å². The predicted molar refractivity (Wildman–Crippen MR) is 117 cm³/mol. The SMILES string of the molecule is CC(C)(C)c1nc(C(=O)NCc2ccc(F)cc2)c(O)c(=O)n1CCCNC(=O)C1CC1. The molecular formula is C23H29FN4O4. The quantitative estimate of drug-likeness (QED) is 0.541. The topological polar surface area (TPSA) is 113 Å². The van der Waals surface area contributed by atoms with Crippen molar-refractivity contribution in [3.63, 3.8) is 0 Å². The Morgan fingerprint density at radius 1 is 1.19 bits per heavy atom. The van der Waals surface area contributed by atoms with E-state index in [9.17, 15) is 23.9 Å². The smallest absolute Gasteiger partial charge is 0.296 e. The maximum absolute atomic E-state index is 13.0. The predicted octanol–water partition coefficient (Wildman–Crippen LogP) is 2.23. The van der Waals surface area contributed by atoms with E-state index < -0.39 is 22.6 Å². The minimum Gasteiger partial charge on any atom is -0.501 e. The molecule has 1 saturated carbocycles. The summed E-state index contributed by atoms with van der Waals surface area (Å²) >= 11 is 0. The first-order chi connectivity index (χ1) is 15.1. The fourth-order valence-electron chi connectivity index (χ4n) is 3.29. The summed E-state index contributed by atoms with van der Waals surface area (Å²) in [6.07, 6.45) is 2.32. The second-order valence-electron chi connectivity index (χ2n) is 9.07. The summed E-state index contributed by atoms with van der Waals surface area (Å²) in [6, 6.07) is 5.62. The van der Waals surface area contributed by atoms with E-state index in [0.29, 0.717) is 24.4 Å². The molecule has 1 fully saturated rings. The number of nitrogens with zero attached hydrogens (tertiary/aromatic N) is 2. The van der Waals surface area contributed by atoms with Gasteiger partial charge in [-0.15, -0.1) is 0 Å². The molecule has 0 spiro atoms. The molecule has 32 heavy (non-hydrogen) atoms. The molecular weight excluding hydrogens is 415 g/mol. The molecule has 2 aromatic rings. The fourth-order valence-corrected chi connectivity index (χ4v) is 3.29. The summed E-state index contributed by atoms with van der Waals surface area (Å²) in [4.78, 5) is 41.6. The van der Waals surface area contributed by atoms with E-state index in [1.54, 1.807) is 0 Å². The van der Waals surface area contributed by atoms with E-state index in [4.69, 9.17) is 0 Å². The summed E-state index contributed by atoms with van der Waals surface area (Å²) in [7, 11) is 0. The van der Waals surface area contributed by atoms with Gasteiger partial charge in [-0.2, -0.15) is 0 Å². The molecule has 1 aromatic carbocycles. The number of benzene rings is 1. The highest BCUT2D eigenvalue weighted by atomic mass is 19.1. The van der Waals surface area contributed by atoms with Crippen molar-refractivity contribution in [2.45, 2.75) is 58.5 Å². The van der Waals surface area contributed by atoms with Crippen LogP contribution < -0.4 is 16.2 Å². The molecule has 0 saturated heterocycles. The Hall–Kier alpha value is -3.23. The third-order valence-electron chi connectivity index (χ3n) is 5.20. The van der Waals surface area contributed by atoms with Crippen LogP contribution in [0.15, 0.2) is 29.1 Å². The van der Waals surface area contributed by atoms with Crippen molar-refractivity contribution in [2.24, 2.45) is 5.92 Å². The number of nitrogens with one attached hydrogen (secondary N) is 2. The second kappa shape index (κ2) is 9.50. The molecule has 9 heteroatoms. The molecule has 1 aromatic heterocycles. The number of halogens is 1. The van der Waals surface area contributed by atoms with E-state index >= 15 is 0 Å².